The molecule has 4 heteroatoms. The van der Waals surface area contributed by atoms with Crippen LogP contribution in [0.2, 0.25) is 0 Å². The standard InChI is InChI=1S/C16H17N3O/c1-13(16-4-2-11-20-16)17-12-14-5-7-15(8-6-14)19-10-3-9-18-19/h2-11,13,17H,12H2,1H3/t13-/m1/s1. The summed E-state index contributed by atoms with van der Waals surface area (Å²) in [4.78, 5) is 0. The highest BCUT2D eigenvalue weighted by atomic mass is 16.3. The zero-order chi connectivity index (χ0) is 13.8. The Labute approximate surface area is 118 Å². The first-order chi connectivity index (χ1) is 9.83. The van der Waals surface area contributed by atoms with Crippen LogP contribution in [0.25, 0.3) is 5.69 Å². The maximum Gasteiger partial charge on any atom is 0.120 e. The SMILES string of the molecule is C[C@@H](NCc1ccc(-n2cccn2)cc1)c1ccco1. The predicted octanol–water partition coefficient (Wildman–Crippen LogP) is 3.32. The van der Waals surface area contributed by atoms with Gasteiger partial charge in [0.2, 0.25) is 0 Å². The molecule has 0 saturated carbocycles. The normalized spacial score (nSPS) is 12.4. The minimum Gasteiger partial charge on any atom is -0.468 e. The Morgan fingerprint density at radius 3 is 2.70 bits per heavy atom. The second-order valence-electron chi connectivity index (χ2n) is 4.74. The van der Waals surface area contributed by atoms with E-state index in [1.807, 2.05) is 29.1 Å². The van der Waals surface area contributed by atoms with Gasteiger partial charge in [0.1, 0.15) is 5.76 Å². The maximum absolute atomic E-state index is 5.38. The Kier molecular flexibility index (Phi) is 3.65. The van der Waals surface area contributed by atoms with Gasteiger partial charge < -0.3 is 9.73 Å². The molecule has 0 radical (unpaired) electrons. The molecule has 1 N–H and O–H groups in total. The molecule has 1 aromatic carbocycles. The fourth-order valence-corrected chi connectivity index (χ4v) is 2.10. The second kappa shape index (κ2) is 5.75. The molecule has 0 aliphatic rings. The van der Waals surface area contributed by atoms with Gasteiger partial charge in [0.25, 0.3) is 0 Å². The van der Waals surface area contributed by atoms with Crippen LogP contribution < -0.4 is 5.32 Å². The van der Waals surface area contributed by atoms with Crippen LogP contribution in [0.1, 0.15) is 24.3 Å². The van der Waals surface area contributed by atoms with E-state index in [1.54, 1.807) is 12.5 Å². The molecular weight excluding hydrogens is 250 g/mol. The fourth-order valence-electron chi connectivity index (χ4n) is 2.10. The fraction of sp³-hybridized carbons (Fsp3) is 0.188. The Balaban J connectivity index is 1.61. The summed E-state index contributed by atoms with van der Waals surface area (Å²) in [5, 5.41) is 7.65. The van der Waals surface area contributed by atoms with Gasteiger partial charge in [-0.2, -0.15) is 5.10 Å². The van der Waals surface area contributed by atoms with Crippen LogP contribution in [0.4, 0.5) is 0 Å². The molecule has 2 aromatic heterocycles. The van der Waals surface area contributed by atoms with Crippen molar-refractivity contribution in [3.8, 4) is 5.69 Å². The molecule has 1 atom stereocenters. The topological polar surface area (TPSA) is 43.0 Å². The summed E-state index contributed by atoms with van der Waals surface area (Å²) in [6, 6.07) is 14.4. The van der Waals surface area contributed by atoms with Gasteiger partial charge in [0.05, 0.1) is 18.0 Å². The Morgan fingerprint density at radius 1 is 1.20 bits per heavy atom. The zero-order valence-corrected chi connectivity index (χ0v) is 11.4. The van der Waals surface area contributed by atoms with E-state index in [4.69, 9.17) is 4.42 Å². The van der Waals surface area contributed by atoms with Crippen molar-refractivity contribution in [1.29, 1.82) is 0 Å². The van der Waals surface area contributed by atoms with Gasteiger partial charge >= 0.3 is 0 Å². The number of furan rings is 1. The Hall–Kier alpha value is -2.33. The number of aromatic nitrogens is 2. The number of nitrogens with zero attached hydrogens (tertiary/aromatic N) is 2. The number of rotatable bonds is 5. The summed E-state index contributed by atoms with van der Waals surface area (Å²) < 4.78 is 7.23. The molecule has 0 fully saturated rings. The lowest BCUT2D eigenvalue weighted by Gasteiger charge is -2.11. The first kappa shape index (κ1) is 12.7. The van der Waals surface area contributed by atoms with Crippen molar-refractivity contribution in [2.24, 2.45) is 0 Å². The van der Waals surface area contributed by atoms with E-state index in [1.165, 1.54) is 5.56 Å². The summed E-state index contributed by atoms with van der Waals surface area (Å²) in [6.07, 6.45) is 5.42. The summed E-state index contributed by atoms with van der Waals surface area (Å²) in [5.41, 5.74) is 2.30. The molecule has 0 aliphatic heterocycles. The third kappa shape index (κ3) is 2.81. The van der Waals surface area contributed by atoms with Crippen molar-refractivity contribution >= 4 is 0 Å². The van der Waals surface area contributed by atoms with Gasteiger partial charge in [-0.1, -0.05) is 12.1 Å². The van der Waals surface area contributed by atoms with Crippen LogP contribution in [0, 0.1) is 0 Å². The molecule has 0 amide bonds. The van der Waals surface area contributed by atoms with Gasteiger partial charge in [-0.15, -0.1) is 0 Å². The van der Waals surface area contributed by atoms with Crippen LogP contribution in [0.5, 0.6) is 0 Å². The average molecular weight is 267 g/mol. The van der Waals surface area contributed by atoms with Crippen LogP contribution in [0.3, 0.4) is 0 Å². The van der Waals surface area contributed by atoms with E-state index >= 15 is 0 Å². The summed E-state index contributed by atoms with van der Waals surface area (Å²) in [7, 11) is 0. The molecule has 20 heavy (non-hydrogen) atoms. The van der Waals surface area contributed by atoms with Crippen molar-refractivity contribution in [2.45, 2.75) is 19.5 Å². The molecule has 0 spiro atoms. The number of nitrogens with one attached hydrogen (secondary N) is 1. The van der Waals surface area contributed by atoms with E-state index in [0.29, 0.717) is 0 Å². The Bertz CT molecular complexity index is 627. The molecular formula is C16H17N3O. The molecule has 0 aliphatic carbocycles. The molecule has 0 bridgehead atoms. The predicted molar refractivity (Wildman–Crippen MR) is 77.5 cm³/mol. The van der Waals surface area contributed by atoms with Crippen LogP contribution >= 0.6 is 0 Å². The van der Waals surface area contributed by atoms with Crippen molar-refractivity contribution in [3.63, 3.8) is 0 Å². The van der Waals surface area contributed by atoms with Gasteiger partial charge in [0.15, 0.2) is 0 Å². The third-order valence-corrected chi connectivity index (χ3v) is 3.29. The molecule has 0 saturated heterocycles. The lowest BCUT2D eigenvalue weighted by Crippen LogP contribution is -2.17. The van der Waals surface area contributed by atoms with Gasteiger partial charge in [-0.25, -0.2) is 4.68 Å². The van der Waals surface area contributed by atoms with E-state index in [2.05, 4.69) is 41.6 Å². The summed E-state index contributed by atoms with van der Waals surface area (Å²) in [6.45, 7) is 2.90. The van der Waals surface area contributed by atoms with Crippen molar-refractivity contribution in [2.75, 3.05) is 0 Å². The van der Waals surface area contributed by atoms with E-state index in [0.717, 1.165) is 18.0 Å². The van der Waals surface area contributed by atoms with Gasteiger partial charge in [-0.3, -0.25) is 0 Å². The molecule has 3 aromatic rings. The monoisotopic (exact) mass is 267 g/mol. The molecule has 3 rings (SSSR count). The summed E-state index contributed by atoms with van der Waals surface area (Å²) >= 11 is 0. The lowest BCUT2D eigenvalue weighted by atomic mass is 10.2. The Morgan fingerprint density at radius 2 is 2.05 bits per heavy atom. The van der Waals surface area contributed by atoms with Crippen LogP contribution in [-0.4, -0.2) is 9.78 Å². The minimum atomic E-state index is 0.204. The largest absolute Gasteiger partial charge is 0.468 e. The average Bonchev–Trinajstić information content (AvgIpc) is 3.18. The molecule has 102 valence electrons. The van der Waals surface area contributed by atoms with Crippen molar-refractivity contribution in [3.05, 3.63) is 72.4 Å². The number of hydrogen-bond acceptors (Lipinski definition) is 3. The van der Waals surface area contributed by atoms with E-state index in [-0.39, 0.29) is 6.04 Å². The molecule has 2 heterocycles. The molecule has 0 unspecified atom stereocenters. The quantitative estimate of drug-likeness (QED) is 0.771. The smallest absolute Gasteiger partial charge is 0.120 e. The number of hydrogen-bond donors (Lipinski definition) is 1. The third-order valence-electron chi connectivity index (χ3n) is 3.29. The van der Waals surface area contributed by atoms with Crippen LogP contribution in [-0.2, 0) is 6.54 Å². The first-order valence-corrected chi connectivity index (χ1v) is 6.69. The van der Waals surface area contributed by atoms with Crippen molar-refractivity contribution < 1.29 is 4.42 Å². The number of benzene rings is 1. The second-order valence-corrected chi connectivity index (χ2v) is 4.74. The molecule has 4 nitrogen and oxygen atoms in total. The lowest BCUT2D eigenvalue weighted by molar-refractivity contribution is 0.430. The minimum absolute atomic E-state index is 0.204. The van der Waals surface area contributed by atoms with Gasteiger partial charge in [-0.05, 0) is 42.8 Å². The maximum atomic E-state index is 5.38. The van der Waals surface area contributed by atoms with Crippen molar-refractivity contribution in [1.82, 2.24) is 15.1 Å². The highest BCUT2D eigenvalue weighted by Crippen LogP contribution is 2.14. The summed E-state index contributed by atoms with van der Waals surface area (Å²) in [5.74, 6) is 0.957. The van der Waals surface area contributed by atoms with E-state index < -0.39 is 0 Å². The highest BCUT2D eigenvalue weighted by molar-refractivity contribution is 5.33. The van der Waals surface area contributed by atoms with E-state index in [9.17, 15) is 0 Å². The first-order valence-electron chi connectivity index (χ1n) is 6.69. The van der Waals surface area contributed by atoms with Crippen LogP contribution in [0.15, 0.2) is 65.5 Å². The van der Waals surface area contributed by atoms with Gasteiger partial charge in [0, 0.05) is 18.9 Å². The zero-order valence-electron chi connectivity index (χ0n) is 11.4. The highest BCUT2D eigenvalue weighted by Gasteiger charge is 2.07.